The highest BCUT2D eigenvalue weighted by atomic mass is 19.1. The number of rotatable bonds is 4. The van der Waals surface area contributed by atoms with Crippen molar-refractivity contribution < 1.29 is 13.9 Å². The summed E-state index contributed by atoms with van der Waals surface area (Å²) in [5, 5.41) is 0. The lowest BCUT2D eigenvalue weighted by molar-refractivity contribution is 0.149. The van der Waals surface area contributed by atoms with Crippen molar-refractivity contribution in [3.05, 3.63) is 60.3 Å². The molecular weight excluding hydrogens is 389 g/mol. The minimum Gasteiger partial charge on any atom is -0.443 e. The van der Waals surface area contributed by atoms with E-state index in [0.717, 1.165) is 24.4 Å². The minimum absolute atomic E-state index is 0.250. The van der Waals surface area contributed by atoms with E-state index in [-0.39, 0.29) is 12.2 Å². The first kappa shape index (κ1) is 19.5. The molecule has 1 saturated heterocycles. The number of carbonyl (C=O) groups is 1. The molecule has 1 fully saturated rings. The van der Waals surface area contributed by atoms with E-state index < -0.39 is 17.9 Å². The average molecular weight is 411 g/mol. The zero-order valence-corrected chi connectivity index (χ0v) is 16.2. The normalized spacial score (nSPS) is 14.0. The van der Waals surface area contributed by atoms with E-state index in [2.05, 4.69) is 14.9 Å². The predicted molar refractivity (Wildman–Crippen MR) is 112 cm³/mol. The van der Waals surface area contributed by atoms with E-state index in [1.54, 1.807) is 24.4 Å². The number of guanidine groups is 1. The lowest BCUT2D eigenvalue weighted by Gasteiger charge is -2.37. The lowest BCUT2D eigenvalue weighted by Crippen LogP contribution is -2.47. The number of aliphatic imine (C=N–C) groups is 1. The number of carbonyl (C=O) groups excluding carboxylic acids is 1. The highest BCUT2D eigenvalue weighted by Gasteiger charge is 2.21. The van der Waals surface area contributed by atoms with Crippen molar-refractivity contribution in [3.63, 3.8) is 0 Å². The fourth-order valence-corrected chi connectivity index (χ4v) is 3.50. The van der Waals surface area contributed by atoms with Crippen LogP contribution in [-0.4, -0.2) is 47.6 Å². The number of fused-ring (bicyclic) bond motifs is 1. The molecule has 4 N–H and O–H groups in total. The smallest absolute Gasteiger partial charge is 0.437 e. The molecule has 0 spiro atoms. The van der Waals surface area contributed by atoms with Crippen LogP contribution in [0.5, 0.6) is 0 Å². The second-order valence-electron chi connectivity index (χ2n) is 6.90. The number of benzene rings is 1. The van der Waals surface area contributed by atoms with E-state index in [1.807, 2.05) is 33.8 Å². The first-order valence-corrected chi connectivity index (χ1v) is 9.47. The van der Waals surface area contributed by atoms with Gasteiger partial charge in [0.1, 0.15) is 12.3 Å². The number of pyridine rings is 1. The van der Waals surface area contributed by atoms with Crippen LogP contribution >= 0.6 is 0 Å². The molecule has 0 saturated carbocycles. The Bertz CT molecular complexity index is 1090. The molecule has 4 rings (SSSR count). The molecule has 3 heterocycles. The Labute approximate surface area is 172 Å². The molecule has 1 amide bonds. The molecule has 0 bridgehead atoms. The lowest BCUT2D eigenvalue weighted by atomic mass is 10.1. The number of imidazole rings is 1. The number of aromatic nitrogens is 2. The van der Waals surface area contributed by atoms with Gasteiger partial charge in [-0.1, -0.05) is 12.1 Å². The van der Waals surface area contributed by atoms with Crippen molar-refractivity contribution in [2.24, 2.45) is 16.5 Å². The SMILES string of the molecule is NC(N)=NC(=O)OCc1cccc(N2CCN(c3ccc4nccn4c3)CC2)c1F. The molecule has 0 unspecified atom stereocenters. The van der Waals surface area contributed by atoms with Gasteiger partial charge in [-0.3, -0.25) is 0 Å². The van der Waals surface area contributed by atoms with Gasteiger partial charge in [0.05, 0.1) is 11.4 Å². The van der Waals surface area contributed by atoms with Crippen LogP contribution in [0.25, 0.3) is 5.65 Å². The average Bonchev–Trinajstić information content (AvgIpc) is 3.20. The predicted octanol–water partition coefficient (Wildman–Crippen LogP) is 1.71. The summed E-state index contributed by atoms with van der Waals surface area (Å²) >= 11 is 0. The maximum atomic E-state index is 15.0. The molecule has 0 atom stereocenters. The van der Waals surface area contributed by atoms with Crippen LogP contribution in [0.2, 0.25) is 0 Å². The van der Waals surface area contributed by atoms with E-state index in [9.17, 15) is 9.18 Å². The molecule has 0 aliphatic carbocycles. The van der Waals surface area contributed by atoms with E-state index >= 15 is 0 Å². The number of anilines is 2. The van der Waals surface area contributed by atoms with Crippen LogP contribution in [0.3, 0.4) is 0 Å². The largest absolute Gasteiger partial charge is 0.443 e. The number of hydrogen-bond acceptors (Lipinski definition) is 5. The van der Waals surface area contributed by atoms with Gasteiger partial charge >= 0.3 is 6.09 Å². The topological polar surface area (TPSA) is 114 Å². The number of amides is 1. The number of hydrogen-bond donors (Lipinski definition) is 2. The van der Waals surface area contributed by atoms with Crippen molar-refractivity contribution >= 4 is 29.1 Å². The summed E-state index contributed by atoms with van der Waals surface area (Å²) in [6.45, 7) is 2.58. The molecule has 0 radical (unpaired) electrons. The van der Waals surface area contributed by atoms with Gasteiger partial charge in [0.25, 0.3) is 0 Å². The van der Waals surface area contributed by atoms with Crippen molar-refractivity contribution in [1.29, 1.82) is 0 Å². The molecule has 30 heavy (non-hydrogen) atoms. The monoisotopic (exact) mass is 411 g/mol. The third kappa shape index (κ3) is 4.12. The van der Waals surface area contributed by atoms with E-state index in [1.165, 1.54) is 0 Å². The van der Waals surface area contributed by atoms with Gasteiger partial charge in [0.2, 0.25) is 0 Å². The Morgan fingerprint density at radius 2 is 1.90 bits per heavy atom. The fraction of sp³-hybridized carbons (Fsp3) is 0.250. The van der Waals surface area contributed by atoms with Gasteiger partial charge in [-0.15, -0.1) is 4.99 Å². The summed E-state index contributed by atoms with van der Waals surface area (Å²) < 4.78 is 21.9. The molecule has 10 heteroatoms. The second kappa shape index (κ2) is 8.27. The Kier molecular flexibility index (Phi) is 5.38. The number of nitrogens with two attached hydrogens (primary N) is 2. The summed E-state index contributed by atoms with van der Waals surface area (Å²) in [5.74, 6) is -0.817. The Morgan fingerprint density at radius 1 is 1.13 bits per heavy atom. The highest BCUT2D eigenvalue weighted by molar-refractivity contribution is 5.87. The van der Waals surface area contributed by atoms with Crippen LogP contribution in [0.4, 0.5) is 20.6 Å². The van der Waals surface area contributed by atoms with Gasteiger partial charge in [0.15, 0.2) is 11.8 Å². The van der Waals surface area contributed by atoms with Gasteiger partial charge in [-0.2, -0.15) is 0 Å². The Balaban J connectivity index is 1.41. The van der Waals surface area contributed by atoms with E-state index in [0.29, 0.717) is 18.8 Å². The van der Waals surface area contributed by atoms with Gasteiger partial charge in [0, 0.05) is 50.3 Å². The fourth-order valence-electron chi connectivity index (χ4n) is 3.50. The zero-order chi connectivity index (χ0) is 21.1. The maximum Gasteiger partial charge on any atom is 0.437 e. The molecule has 156 valence electrons. The summed E-state index contributed by atoms with van der Waals surface area (Å²) in [6, 6.07) is 9.06. The number of halogens is 1. The van der Waals surface area contributed by atoms with Crippen LogP contribution < -0.4 is 21.3 Å². The van der Waals surface area contributed by atoms with Gasteiger partial charge in [-0.25, -0.2) is 14.2 Å². The van der Waals surface area contributed by atoms with Gasteiger partial charge in [-0.05, 0) is 18.2 Å². The number of ether oxygens (including phenoxy) is 1. The van der Waals surface area contributed by atoms with Crippen LogP contribution in [0.1, 0.15) is 5.56 Å². The van der Waals surface area contributed by atoms with Crippen LogP contribution in [-0.2, 0) is 11.3 Å². The van der Waals surface area contributed by atoms with Crippen LogP contribution in [0.15, 0.2) is 53.9 Å². The molecule has 2 aromatic heterocycles. The quantitative estimate of drug-likeness (QED) is 0.496. The highest BCUT2D eigenvalue weighted by Crippen LogP contribution is 2.26. The number of nitrogens with zero attached hydrogens (tertiary/aromatic N) is 5. The van der Waals surface area contributed by atoms with Gasteiger partial charge < -0.3 is 30.4 Å². The molecular formula is C20H22FN7O2. The van der Waals surface area contributed by atoms with Crippen molar-refractivity contribution in [3.8, 4) is 0 Å². The Morgan fingerprint density at radius 3 is 2.67 bits per heavy atom. The third-order valence-electron chi connectivity index (χ3n) is 4.99. The standard InChI is InChI=1S/C20H22FN7O2/c21-18-14(13-30-20(29)25-19(22)23)2-1-3-16(18)27-10-8-26(9-11-27)15-4-5-17-24-6-7-28(17)12-15/h1-7,12H,8-11,13H2,(H4,22,23,25,29). The summed E-state index contributed by atoms with van der Waals surface area (Å²) in [7, 11) is 0. The molecule has 1 aromatic carbocycles. The Hall–Kier alpha value is -3.82. The maximum absolute atomic E-state index is 15.0. The zero-order valence-electron chi connectivity index (χ0n) is 16.2. The van der Waals surface area contributed by atoms with Crippen molar-refractivity contribution in [1.82, 2.24) is 9.38 Å². The van der Waals surface area contributed by atoms with E-state index in [4.69, 9.17) is 16.2 Å². The second-order valence-corrected chi connectivity index (χ2v) is 6.90. The van der Waals surface area contributed by atoms with Crippen LogP contribution in [0, 0.1) is 5.82 Å². The molecule has 3 aromatic rings. The first-order valence-electron chi connectivity index (χ1n) is 9.47. The molecule has 1 aliphatic rings. The molecule has 9 nitrogen and oxygen atoms in total. The summed E-state index contributed by atoms with van der Waals surface area (Å²) in [5.41, 5.74) is 13.0. The summed E-state index contributed by atoms with van der Waals surface area (Å²) in [4.78, 5) is 23.2. The van der Waals surface area contributed by atoms with Crippen molar-refractivity contribution in [2.75, 3.05) is 36.0 Å². The van der Waals surface area contributed by atoms with Crippen molar-refractivity contribution in [2.45, 2.75) is 6.61 Å². The number of piperazine rings is 1. The third-order valence-corrected chi connectivity index (χ3v) is 4.99. The molecule has 1 aliphatic heterocycles. The minimum atomic E-state index is -0.955. The first-order chi connectivity index (χ1) is 14.5. The summed E-state index contributed by atoms with van der Waals surface area (Å²) in [6.07, 6.45) is 4.77.